The number of nitrogens with zero attached hydrogens (tertiary/aromatic N) is 2. The largest absolute Gasteiger partial charge is 0.385 e. The summed E-state index contributed by atoms with van der Waals surface area (Å²) < 4.78 is 11.0. The summed E-state index contributed by atoms with van der Waals surface area (Å²) in [5, 5.41) is 1.08. The fraction of sp³-hybridized carbons (Fsp3) is 0.407. The Hall–Kier alpha value is -2.41. The highest BCUT2D eigenvalue weighted by Gasteiger charge is 2.29. The lowest BCUT2D eigenvalue weighted by Crippen LogP contribution is -2.39. The number of thioether (sulfide) groups is 1. The molecule has 1 aliphatic rings. The van der Waals surface area contributed by atoms with Crippen LogP contribution in [0.4, 0.5) is 0 Å². The lowest BCUT2D eigenvalue weighted by atomic mass is 10.0. The molecule has 1 aromatic heterocycles. The van der Waals surface area contributed by atoms with Crippen molar-refractivity contribution in [1.29, 1.82) is 0 Å². The Kier molecular flexibility index (Phi) is 8.02. The molecule has 4 rings (SSSR count). The maximum Gasteiger partial charge on any atom is 0.252 e. The monoisotopic (exact) mass is 464 g/mol. The first-order chi connectivity index (χ1) is 16.1. The van der Waals surface area contributed by atoms with E-state index in [1.165, 1.54) is 10.5 Å². The molecular weight excluding hydrogens is 432 g/mol. The Labute approximate surface area is 200 Å². The third-order valence-corrected chi connectivity index (χ3v) is 6.78. The molecule has 0 aliphatic carbocycles. The maximum atomic E-state index is 13.3. The van der Waals surface area contributed by atoms with Gasteiger partial charge in [-0.3, -0.25) is 4.79 Å². The predicted molar refractivity (Wildman–Crippen MR) is 135 cm³/mol. The Morgan fingerprint density at radius 2 is 2.12 bits per heavy atom. The van der Waals surface area contributed by atoms with Crippen LogP contribution in [0.3, 0.4) is 0 Å². The summed E-state index contributed by atoms with van der Waals surface area (Å²) in [7, 11) is 1.69. The summed E-state index contributed by atoms with van der Waals surface area (Å²) in [6.07, 6.45) is 4.25. The molecule has 1 aliphatic heterocycles. The SMILES string of the molecule is COCCCN(Cc1cc2ccc(SC)cc2nc1-c1cccc(C)c1)C(=O)[C@@H]1CCCO1. The fourth-order valence-corrected chi connectivity index (χ4v) is 4.76. The van der Waals surface area contributed by atoms with E-state index < -0.39 is 0 Å². The van der Waals surface area contributed by atoms with Gasteiger partial charge >= 0.3 is 0 Å². The first-order valence-electron chi connectivity index (χ1n) is 11.5. The van der Waals surface area contributed by atoms with Gasteiger partial charge in [-0.1, -0.05) is 29.8 Å². The minimum Gasteiger partial charge on any atom is -0.385 e. The number of ether oxygens (including phenoxy) is 2. The first kappa shape index (κ1) is 23.7. The smallest absolute Gasteiger partial charge is 0.252 e. The zero-order chi connectivity index (χ0) is 23.2. The summed E-state index contributed by atoms with van der Waals surface area (Å²) in [5.41, 5.74) is 5.21. The van der Waals surface area contributed by atoms with Gasteiger partial charge in [0.05, 0.1) is 11.2 Å². The first-order valence-corrected chi connectivity index (χ1v) is 12.8. The number of aromatic nitrogens is 1. The van der Waals surface area contributed by atoms with Gasteiger partial charge in [0.15, 0.2) is 0 Å². The summed E-state index contributed by atoms with van der Waals surface area (Å²) in [6, 6.07) is 17.0. The molecule has 3 aromatic rings. The van der Waals surface area contributed by atoms with Crippen LogP contribution in [-0.4, -0.2) is 55.0 Å². The number of rotatable bonds is 9. The molecule has 5 nitrogen and oxygen atoms in total. The van der Waals surface area contributed by atoms with Gasteiger partial charge in [0.25, 0.3) is 5.91 Å². The molecule has 1 saturated heterocycles. The van der Waals surface area contributed by atoms with Crippen LogP contribution in [0, 0.1) is 6.92 Å². The number of aryl methyl sites for hydroxylation is 1. The second-order valence-corrected chi connectivity index (χ2v) is 9.41. The Morgan fingerprint density at radius 3 is 2.85 bits per heavy atom. The van der Waals surface area contributed by atoms with E-state index in [4.69, 9.17) is 14.5 Å². The highest BCUT2D eigenvalue weighted by molar-refractivity contribution is 7.98. The van der Waals surface area contributed by atoms with E-state index in [-0.39, 0.29) is 12.0 Å². The second kappa shape index (κ2) is 11.1. The zero-order valence-corrected chi connectivity index (χ0v) is 20.5. The van der Waals surface area contributed by atoms with Crippen LogP contribution in [0.5, 0.6) is 0 Å². The number of carbonyl (C=O) groups is 1. The number of hydrogen-bond donors (Lipinski definition) is 0. The normalized spacial score (nSPS) is 15.8. The van der Waals surface area contributed by atoms with E-state index in [0.717, 1.165) is 47.0 Å². The van der Waals surface area contributed by atoms with E-state index in [2.05, 4.69) is 61.7 Å². The maximum absolute atomic E-state index is 13.3. The van der Waals surface area contributed by atoms with Crippen LogP contribution in [0.1, 0.15) is 30.4 Å². The number of pyridine rings is 1. The molecule has 0 spiro atoms. The van der Waals surface area contributed by atoms with Gasteiger partial charge in [-0.25, -0.2) is 4.98 Å². The van der Waals surface area contributed by atoms with Gasteiger partial charge in [0.2, 0.25) is 0 Å². The van der Waals surface area contributed by atoms with Crippen molar-refractivity contribution >= 4 is 28.6 Å². The second-order valence-electron chi connectivity index (χ2n) is 8.53. The number of methoxy groups -OCH3 is 1. The molecular formula is C27H32N2O3S. The molecule has 0 N–H and O–H groups in total. The predicted octanol–water partition coefficient (Wildman–Crippen LogP) is 5.48. The van der Waals surface area contributed by atoms with Crippen molar-refractivity contribution in [2.45, 2.75) is 43.7 Å². The van der Waals surface area contributed by atoms with Crippen LogP contribution < -0.4 is 0 Å². The van der Waals surface area contributed by atoms with Crippen LogP contribution in [-0.2, 0) is 20.8 Å². The quantitative estimate of drug-likeness (QED) is 0.310. The summed E-state index contributed by atoms with van der Waals surface area (Å²) >= 11 is 1.71. The Balaban J connectivity index is 1.75. The number of hydrogen-bond acceptors (Lipinski definition) is 5. The van der Waals surface area contributed by atoms with Crippen molar-refractivity contribution in [3.8, 4) is 11.3 Å². The average molecular weight is 465 g/mol. The summed E-state index contributed by atoms with van der Waals surface area (Å²) in [6.45, 7) is 4.50. The standard InChI is InChI=1S/C27H32N2O3S/c1-19-7-4-8-21(15-19)26-22(16-20-10-11-23(33-3)17-24(20)28-26)18-29(12-6-13-31-2)27(30)25-9-5-14-32-25/h4,7-8,10-11,15-17,25H,5-6,9,12-14,18H2,1-3H3/t25-/m0/s1. The summed E-state index contributed by atoms with van der Waals surface area (Å²) in [5.74, 6) is 0.0663. The van der Waals surface area contributed by atoms with Gasteiger partial charge in [-0.05, 0) is 62.3 Å². The molecule has 0 saturated carbocycles. The number of amides is 1. The van der Waals surface area contributed by atoms with Crippen molar-refractivity contribution in [2.24, 2.45) is 0 Å². The molecule has 1 fully saturated rings. The van der Waals surface area contributed by atoms with E-state index >= 15 is 0 Å². The van der Waals surface area contributed by atoms with Crippen molar-refractivity contribution in [3.05, 3.63) is 59.7 Å². The van der Waals surface area contributed by atoms with Gasteiger partial charge in [-0.2, -0.15) is 0 Å². The van der Waals surface area contributed by atoms with Crippen molar-refractivity contribution < 1.29 is 14.3 Å². The topological polar surface area (TPSA) is 51.7 Å². The van der Waals surface area contributed by atoms with Crippen LogP contribution in [0.15, 0.2) is 53.4 Å². The zero-order valence-electron chi connectivity index (χ0n) is 19.7. The molecule has 1 amide bonds. The molecule has 6 heteroatoms. The van der Waals surface area contributed by atoms with Crippen molar-refractivity contribution in [2.75, 3.05) is 33.1 Å². The minimum absolute atomic E-state index is 0.0663. The third kappa shape index (κ3) is 5.75. The molecule has 0 radical (unpaired) electrons. The number of carbonyl (C=O) groups excluding carboxylic acids is 1. The average Bonchev–Trinajstić information content (AvgIpc) is 3.37. The molecule has 2 heterocycles. The van der Waals surface area contributed by atoms with Crippen LogP contribution in [0.25, 0.3) is 22.2 Å². The highest BCUT2D eigenvalue weighted by Crippen LogP contribution is 2.30. The van der Waals surface area contributed by atoms with E-state index in [0.29, 0.717) is 26.3 Å². The Morgan fingerprint density at radius 1 is 1.24 bits per heavy atom. The molecule has 0 bridgehead atoms. The summed E-state index contributed by atoms with van der Waals surface area (Å²) in [4.78, 5) is 21.5. The Bertz CT molecular complexity index is 1110. The van der Waals surface area contributed by atoms with Crippen molar-refractivity contribution in [1.82, 2.24) is 9.88 Å². The number of benzene rings is 2. The van der Waals surface area contributed by atoms with E-state index in [9.17, 15) is 4.79 Å². The lowest BCUT2D eigenvalue weighted by molar-refractivity contribution is -0.141. The molecule has 174 valence electrons. The van der Waals surface area contributed by atoms with E-state index in [1.807, 2.05) is 4.90 Å². The van der Waals surface area contributed by atoms with Gasteiger partial charge in [0.1, 0.15) is 6.10 Å². The van der Waals surface area contributed by atoms with Crippen LogP contribution in [0.2, 0.25) is 0 Å². The molecule has 33 heavy (non-hydrogen) atoms. The van der Waals surface area contributed by atoms with Gasteiger partial charge in [-0.15, -0.1) is 11.8 Å². The molecule has 2 aromatic carbocycles. The third-order valence-electron chi connectivity index (χ3n) is 6.05. The van der Waals surface area contributed by atoms with Gasteiger partial charge < -0.3 is 14.4 Å². The van der Waals surface area contributed by atoms with Crippen molar-refractivity contribution in [3.63, 3.8) is 0 Å². The number of fused-ring (bicyclic) bond motifs is 1. The fourth-order valence-electron chi connectivity index (χ4n) is 4.33. The molecule has 1 atom stereocenters. The lowest BCUT2D eigenvalue weighted by Gasteiger charge is -2.26. The molecule has 0 unspecified atom stereocenters. The van der Waals surface area contributed by atoms with E-state index in [1.54, 1.807) is 18.9 Å². The highest BCUT2D eigenvalue weighted by atomic mass is 32.2. The minimum atomic E-state index is -0.340. The van der Waals surface area contributed by atoms with Gasteiger partial charge in [0, 0.05) is 49.3 Å². The van der Waals surface area contributed by atoms with Crippen LogP contribution >= 0.6 is 11.8 Å².